The molecule has 1 amide bonds. The Bertz CT molecular complexity index is 548. The van der Waals surface area contributed by atoms with Crippen LogP contribution < -0.4 is 5.32 Å². The van der Waals surface area contributed by atoms with E-state index in [2.05, 4.69) is 5.32 Å². The molecular weight excluding hydrogens is 264 g/mol. The maximum atomic E-state index is 13.1. The topological polar surface area (TPSA) is 49.4 Å². The molecule has 21 heavy (non-hydrogen) atoms. The largest absolute Gasteiger partial charge is 0.336 e. The van der Waals surface area contributed by atoms with E-state index in [1.807, 2.05) is 52.0 Å². The molecule has 4 heteroatoms. The van der Waals surface area contributed by atoms with Crippen LogP contribution in [0.2, 0.25) is 0 Å². The molecule has 1 N–H and O–H groups in total. The van der Waals surface area contributed by atoms with Gasteiger partial charge in [0.2, 0.25) is 5.91 Å². The zero-order valence-electron chi connectivity index (χ0n) is 13.3. The summed E-state index contributed by atoms with van der Waals surface area (Å²) >= 11 is 0. The first-order valence-corrected chi connectivity index (χ1v) is 7.40. The molecule has 1 atom stereocenters. The normalized spacial score (nSPS) is 21.0. The third-order valence-corrected chi connectivity index (χ3v) is 4.14. The van der Waals surface area contributed by atoms with Crippen LogP contribution in [0.3, 0.4) is 0 Å². The highest BCUT2D eigenvalue weighted by Gasteiger charge is 2.45. The number of fused-ring (bicyclic) bond motifs is 1. The van der Waals surface area contributed by atoms with Crippen LogP contribution in [0, 0.1) is 0 Å². The number of benzene rings is 1. The molecular formula is C17H24N2O2. The van der Waals surface area contributed by atoms with E-state index in [4.69, 9.17) is 0 Å². The third-order valence-electron chi connectivity index (χ3n) is 4.14. The molecule has 0 bridgehead atoms. The van der Waals surface area contributed by atoms with Crippen LogP contribution in [0.1, 0.15) is 45.2 Å². The Balaban J connectivity index is 2.35. The van der Waals surface area contributed by atoms with Gasteiger partial charge in [-0.3, -0.25) is 10.1 Å². The van der Waals surface area contributed by atoms with Crippen LogP contribution in [-0.4, -0.2) is 29.2 Å². The molecule has 0 fully saturated rings. The molecule has 0 spiro atoms. The van der Waals surface area contributed by atoms with E-state index in [9.17, 15) is 9.59 Å². The smallest absolute Gasteiger partial charge is 0.247 e. The second-order valence-corrected chi connectivity index (χ2v) is 6.72. The van der Waals surface area contributed by atoms with Gasteiger partial charge in [-0.25, -0.2) is 0 Å². The van der Waals surface area contributed by atoms with Gasteiger partial charge in [-0.2, -0.15) is 0 Å². The monoisotopic (exact) mass is 288 g/mol. The minimum Gasteiger partial charge on any atom is -0.336 e. The fourth-order valence-electron chi connectivity index (χ4n) is 2.91. The summed E-state index contributed by atoms with van der Waals surface area (Å²) in [6, 6.07) is 8.01. The number of rotatable bonds is 4. The van der Waals surface area contributed by atoms with Gasteiger partial charge >= 0.3 is 0 Å². The van der Waals surface area contributed by atoms with Crippen molar-refractivity contribution in [3.63, 3.8) is 0 Å². The summed E-state index contributed by atoms with van der Waals surface area (Å²) in [5, 5.41) is 3.35. The fourth-order valence-corrected chi connectivity index (χ4v) is 2.91. The predicted molar refractivity (Wildman–Crippen MR) is 82.8 cm³/mol. The second-order valence-electron chi connectivity index (χ2n) is 6.72. The van der Waals surface area contributed by atoms with Crippen LogP contribution >= 0.6 is 0 Å². The summed E-state index contributed by atoms with van der Waals surface area (Å²) < 4.78 is 0. The number of carbonyl (C=O) groups is 2. The molecule has 0 aromatic heterocycles. The van der Waals surface area contributed by atoms with Gasteiger partial charge < -0.3 is 9.69 Å². The molecule has 4 nitrogen and oxygen atoms in total. The van der Waals surface area contributed by atoms with Gasteiger partial charge in [0.25, 0.3) is 0 Å². The molecule has 0 radical (unpaired) electrons. The first-order valence-electron chi connectivity index (χ1n) is 7.40. The maximum Gasteiger partial charge on any atom is 0.247 e. The van der Waals surface area contributed by atoms with E-state index in [1.165, 1.54) is 0 Å². The molecule has 1 aromatic rings. The Kier molecular flexibility index (Phi) is 4.19. The van der Waals surface area contributed by atoms with Gasteiger partial charge in [0.05, 0.1) is 0 Å². The molecule has 1 aliphatic rings. The lowest BCUT2D eigenvalue weighted by molar-refractivity contribution is -0.143. The summed E-state index contributed by atoms with van der Waals surface area (Å²) in [7, 11) is 0. The molecule has 2 rings (SSSR count). The zero-order chi connectivity index (χ0) is 15.7. The van der Waals surface area contributed by atoms with E-state index in [1.54, 1.807) is 4.90 Å². The van der Waals surface area contributed by atoms with E-state index in [-0.39, 0.29) is 11.4 Å². The quantitative estimate of drug-likeness (QED) is 0.864. The number of hydrogen-bond acceptors (Lipinski definition) is 3. The van der Waals surface area contributed by atoms with Crippen molar-refractivity contribution in [1.29, 1.82) is 0 Å². The lowest BCUT2D eigenvalue weighted by Crippen LogP contribution is -2.56. The highest BCUT2D eigenvalue weighted by Crippen LogP contribution is 2.34. The van der Waals surface area contributed by atoms with Crippen LogP contribution in [0.5, 0.6) is 0 Å². The molecule has 0 aliphatic carbocycles. The van der Waals surface area contributed by atoms with Gasteiger partial charge in [-0.05, 0) is 38.8 Å². The van der Waals surface area contributed by atoms with Crippen molar-refractivity contribution in [1.82, 2.24) is 10.2 Å². The number of carbonyl (C=O) groups excluding carboxylic acids is 2. The highest BCUT2D eigenvalue weighted by atomic mass is 16.2. The summed E-state index contributed by atoms with van der Waals surface area (Å²) in [5.41, 5.74) is 1.17. The van der Waals surface area contributed by atoms with Crippen LogP contribution in [0.4, 0.5) is 0 Å². The molecule has 0 saturated heterocycles. The number of hydrogen-bond donors (Lipinski definition) is 1. The Morgan fingerprint density at radius 3 is 2.67 bits per heavy atom. The Morgan fingerprint density at radius 1 is 1.38 bits per heavy atom. The number of nitrogens with zero attached hydrogens (tertiary/aromatic N) is 1. The van der Waals surface area contributed by atoms with Gasteiger partial charge in [-0.15, -0.1) is 0 Å². The predicted octanol–water partition coefficient (Wildman–Crippen LogP) is 2.22. The summed E-state index contributed by atoms with van der Waals surface area (Å²) in [6.07, 6.45) is 1.23. The average molecular weight is 288 g/mol. The standard InChI is InChI=1S/C17H24N2O2/c1-16(2,3)19(10-7-11-20)15(21)17(4)14-9-6-5-8-13(14)12-18-17/h5-6,8-9,11,18H,7,10,12H2,1-4H3/t17-/m0/s1. The lowest BCUT2D eigenvalue weighted by atomic mass is 9.89. The van der Waals surface area contributed by atoms with E-state index < -0.39 is 5.54 Å². The van der Waals surface area contributed by atoms with E-state index in [0.29, 0.717) is 19.5 Å². The average Bonchev–Trinajstić information content (AvgIpc) is 2.77. The van der Waals surface area contributed by atoms with Crippen molar-refractivity contribution in [2.75, 3.05) is 6.54 Å². The first-order chi connectivity index (χ1) is 9.80. The van der Waals surface area contributed by atoms with Crippen LogP contribution in [-0.2, 0) is 21.7 Å². The fraction of sp³-hybridized carbons (Fsp3) is 0.529. The van der Waals surface area contributed by atoms with Crippen LogP contribution in [0.15, 0.2) is 24.3 Å². The van der Waals surface area contributed by atoms with Gasteiger partial charge in [0, 0.05) is 25.0 Å². The maximum absolute atomic E-state index is 13.1. The van der Waals surface area contributed by atoms with E-state index in [0.717, 1.165) is 17.4 Å². The molecule has 0 saturated carbocycles. The van der Waals surface area contributed by atoms with Crippen molar-refractivity contribution >= 4 is 12.2 Å². The summed E-state index contributed by atoms with van der Waals surface area (Å²) in [4.78, 5) is 25.6. The van der Waals surface area contributed by atoms with Crippen LogP contribution in [0.25, 0.3) is 0 Å². The minimum atomic E-state index is -0.716. The van der Waals surface area contributed by atoms with Gasteiger partial charge in [-0.1, -0.05) is 24.3 Å². The minimum absolute atomic E-state index is 0.0294. The van der Waals surface area contributed by atoms with E-state index >= 15 is 0 Å². The lowest BCUT2D eigenvalue weighted by Gasteiger charge is -2.40. The molecule has 1 aromatic carbocycles. The molecule has 1 aliphatic heterocycles. The molecule has 0 unspecified atom stereocenters. The van der Waals surface area contributed by atoms with Crippen molar-refractivity contribution in [3.8, 4) is 0 Å². The van der Waals surface area contributed by atoms with Crippen molar-refractivity contribution in [3.05, 3.63) is 35.4 Å². The summed E-state index contributed by atoms with van der Waals surface area (Å²) in [5.74, 6) is 0.0294. The molecule has 1 heterocycles. The van der Waals surface area contributed by atoms with Crippen molar-refractivity contribution < 1.29 is 9.59 Å². The number of nitrogens with one attached hydrogen (secondary N) is 1. The summed E-state index contributed by atoms with van der Waals surface area (Å²) in [6.45, 7) is 9.08. The Morgan fingerprint density at radius 2 is 2.05 bits per heavy atom. The molecule has 114 valence electrons. The zero-order valence-corrected chi connectivity index (χ0v) is 13.3. The number of aldehydes is 1. The van der Waals surface area contributed by atoms with Crippen molar-refractivity contribution in [2.24, 2.45) is 0 Å². The Hall–Kier alpha value is -1.68. The highest BCUT2D eigenvalue weighted by molar-refractivity contribution is 5.89. The number of amides is 1. The second kappa shape index (κ2) is 5.60. The first kappa shape index (κ1) is 15.7. The van der Waals surface area contributed by atoms with Crippen molar-refractivity contribution in [2.45, 2.75) is 51.7 Å². The SMILES string of the molecule is CC(C)(C)N(CCC=O)C(=O)[C@@]1(C)NCc2ccccc21. The van der Waals surface area contributed by atoms with Gasteiger partial charge in [0.1, 0.15) is 11.8 Å². The van der Waals surface area contributed by atoms with Gasteiger partial charge in [0.15, 0.2) is 0 Å². The third kappa shape index (κ3) is 2.86. The Labute approximate surface area is 126 Å².